The van der Waals surface area contributed by atoms with Crippen LogP contribution in [0.3, 0.4) is 0 Å². The summed E-state index contributed by atoms with van der Waals surface area (Å²) < 4.78 is 5.95. The number of hydrogen-bond donors (Lipinski definition) is 0. The Bertz CT molecular complexity index is 372. The molecule has 0 N–H and O–H groups in total. The summed E-state index contributed by atoms with van der Waals surface area (Å²) in [4.78, 5) is 0.264. The normalized spacial score (nSPS) is 18.3. The molecule has 1 fully saturated rings. The molecule has 0 radical (unpaired) electrons. The molecule has 1 aromatic rings. The zero-order chi connectivity index (χ0) is 12.3. The average molecular weight is 318 g/mol. The number of hydrogen-bond acceptors (Lipinski definition) is 1. The van der Waals surface area contributed by atoms with Crippen molar-refractivity contribution < 1.29 is 4.74 Å². The molecule has 1 nitrogen and oxygen atoms in total. The number of benzene rings is 1. The van der Waals surface area contributed by atoms with E-state index < -0.39 is 0 Å². The van der Waals surface area contributed by atoms with Crippen LogP contribution in [0.2, 0.25) is 5.02 Å². The van der Waals surface area contributed by atoms with E-state index in [1.54, 1.807) is 0 Å². The van der Waals surface area contributed by atoms with E-state index in [1.165, 1.54) is 25.7 Å². The molecular formula is C14H18BrClO. The first-order valence-electron chi connectivity index (χ1n) is 6.23. The summed E-state index contributed by atoms with van der Waals surface area (Å²) in [5, 5.41) is 0.763. The molecule has 1 aliphatic carbocycles. The van der Waals surface area contributed by atoms with Gasteiger partial charge >= 0.3 is 0 Å². The lowest BCUT2D eigenvalue weighted by atomic mass is 10.1. The van der Waals surface area contributed by atoms with E-state index in [2.05, 4.69) is 22.9 Å². The smallest absolute Gasteiger partial charge is 0.123 e. The zero-order valence-corrected chi connectivity index (χ0v) is 12.4. The first-order chi connectivity index (χ1) is 8.16. The van der Waals surface area contributed by atoms with E-state index in [-0.39, 0.29) is 4.83 Å². The Balaban J connectivity index is 2.03. The lowest BCUT2D eigenvalue weighted by molar-refractivity contribution is 0.250. The summed E-state index contributed by atoms with van der Waals surface area (Å²) in [6.07, 6.45) is 5.34. The average Bonchev–Trinajstić information content (AvgIpc) is 2.80. The molecule has 3 heteroatoms. The van der Waals surface area contributed by atoms with Gasteiger partial charge in [0.05, 0.1) is 6.61 Å². The highest BCUT2D eigenvalue weighted by Crippen LogP contribution is 2.34. The van der Waals surface area contributed by atoms with Crippen molar-refractivity contribution in [3.05, 3.63) is 28.8 Å². The lowest BCUT2D eigenvalue weighted by Crippen LogP contribution is -2.09. The molecule has 1 atom stereocenters. The standard InChI is InChI=1S/C14H18BrClO/c1-10(15)13-8-12(16)6-7-14(13)17-9-11-4-2-3-5-11/h6-8,10-11H,2-5,9H2,1H3. The minimum absolute atomic E-state index is 0.264. The molecule has 2 rings (SSSR count). The quantitative estimate of drug-likeness (QED) is 0.679. The van der Waals surface area contributed by atoms with E-state index in [4.69, 9.17) is 16.3 Å². The molecule has 0 heterocycles. The second kappa shape index (κ2) is 6.10. The summed E-state index contributed by atoms with van der Waals surface area (Å²) in [6, 6.07) is 5.85. The summed E-state index contributed by atoms with van der Waals surface area (Å²) in [5.41, 5.74) is 1.13. The molecule has 1 unspecified atom stereocenters. The van der Waals surface area contributed by atoms with Gasteiger partial charge in [-0.25, -0.2) is 0 Å². The Hall–Kier alpha value is -0.210. The van der Waals surface area contributed by atoms with Crippen molar-refractivity contribution in [3.63, 3.8) is 0 Å². The Morgan fingerprint density at radius 2 is 2.12 bits per heavy atom. The van der Waals surface area contributed by atoms with Crippen molar-refractivity contribution in [2.24, 2.45) is 5.92 Å². The Morgan fingerprint density at radius 3 is 2.76 bits per heavy atom. The van der Waals surface area contributed by atoms with Gasteiger partial charge < -0.3 is 4.74 Å². The minimum atomic E-state index is 0.264. The maximum Gasteiger partial charge on any atom is 0.123 e. The maximum atomic E-state index is 6.01. The highest BCUT2D eigenvalue weighted by atomic mass is 79.9. The first-order valence-corrected chi connectivity index (χ1v) is 7.52. The number of ether oxygens (including phenoxy) is 1. The van der Waals surface area contributed by atoms with E-state index >= 15 is 0 Å². The number of rotatable bonds is 4. The summed E-state index contributed by atoms with van der Waals surface area (Å²) in [7, 11) is 0. The van der Waals surface area contributed by atoms with Crippen molar-refractivity contribution >= 4 is 27.5 Å². The monoisotopic (exact) mass is 316 g/mol. The first kappa shape index (κ1) is 13.2. The summed E-state index contributed by atoms with van der Waals surface area (Å²) in [6.45, 7) is 2.93. The third-order valence-electron chi connectivity index (χ3n) is 3.35. The molecule has 94 valence electrons. The number of alkyl halides is 1. The van der Waals surface area contributed by atoms with Crippen molar-refractivity contribution in [3.8, 4) is 5.75 Å². The zero-order valence-electron chi connectivity index (χ0n) is 10.1. The van der Waals surface area contributed by atoms with Crippen molar-refractivity contribution in [2.75, 3.05) is 6.61 Å². The molecular weight excluding hydrogens is 300 g/mol. The SMILES string of the molecule is CC(Br)c1cc(Cl)ccc1OCC1CCCC1. The van der Waals surface area contributed by atoms with Crippen LogP contribution in [0.4, 0.5) is 0 Å². The van der Waals surface area contributed by atoms with Gasteiger partial charge in [0.2, 0.25) is 0 Å². The van der Waals surface area contributed by atoms with E-state index in [0.29, 0.717) is 0 Å². The van der Waals surface area contributed by atoms with Gasteiger partial charge in [0.25, 0.3) is 0 Å². The van der Waals surface area contributed by atoms with Crippen LogP contribution in [0.25, 0.3) is 0 Å². The van der Waals surface area contributed by atoms with Gasteiger partial charge in [-0.2, -0.15) is 0 Å². The Kier molecular flexibility index (Phi) is 4.75. The lowest BCUT2D eigenvalue weighted by Gasteiger charge is -2.16. The topological polar surface area (TPSA) is 9.23 Å². The summed E-state index contributed by atoms with van der Waals surface area (Å²) in [5.74, 6) is 1.70. The molecule has 17 heavy (non-hydrogen) atoms. The van der Waals surface area contributed by atoms with Gasteiger partial charge in [-0.05, 0) is 43.9 Å². The van der Waals surface area contributed by atoms with Gasteiger partial charge in [0, 0.05) is 15.4 Å². The van der Waals surface area contributed by atoms with Crippen LogP contribution in [0, 0.1) is 5.92 Å². The molecule has 1 aromatic carbocycles. The predicted molar refractivity (Wildman–Crippen MR) is 76.2 cm³/mol. The van der Waals surface area contributed by atoms with E-state index in [1.807, 2.05) is 18.2 Å². The molecule has 1 saturated carbocycles. The number of halogens is 2. The highest BCUT2D eigenvalue weighted by molar-refractivity contribution is 9.09. The third kappa shape index (κ3) is 3.62. The van der Waals surface area contributed by atoms with Crippen LogP contribution < -0.4 is 4.74 Å². The second-order valence-electron chi connectivity index (χ2n) is 4.76. The van der Waals surface area contributed by atoms with Crippen LogP contribution >= 0.6 is 27.5 Å². The Labute approximate surface area is 117 Å². The van der Waals surface area contributed by atoms with Crippen LogP contribution in [0.5, 0.6) is 5.75 Å². The maximum absolute atomic E-state index is 6.01. The molecule has 0 saturated heterocycles. The molecule has 0 spiro atoms. The van der Waals surface area contributed by atoms with E-state index in [0.717, 1.165) is 28.9 Å². The largest absolute Gasteiger partial charge is 0.493 e. The van der Waals surface area contributed by atoms with Crippen LogP contribution in [-0.2, 0) is 0 Å². The Morgan fingerprint density at radius 1 is 1.41 bits per heavy atom. The third-order valence-corrected chi connectivity index (χ3v) is 4.08. The molecule has 0 aromatic heterocycles. The van der Waals surface area contributed by atoms with Gasteiger partial charge in [-0.1, -0.05) is 40.4 Å². The van der Waals surface area contributed by atoms with Gasteiger partial charge in [0.15, 0.2) is 0 Å². The molecule has 1 aliphatic rings. The van der Waals surface area contributed by atoms with Gasteiger partial charge in [-0.3, -0.25) is 0 Å². The van der Waals surface area contributed by atoms with Crippen LogP contribution in [0.15, 0.2) is 18.2 Å². The molecule has 0 amide bonds. The molecule has 0 bridgehead atoms. The summed E-state index contributed by atoms with van der Waals surface area (Å²) >= 11 is 9.59. The van der Waals surface area contributed by atoms with Crippen LogP contribution in [0.1, 0.15) is 43.0 Å². The van der Waals surface area contributed by atoms with Crippen LogP contribution in [-0.4, -0.2) is 6.61 Å². The van der Waals surface area contributed by atoms with Crippen molar-refractivity contribution in [1.82, 2.24) is 0 Å². The fraction of sp³-hybridized carbons (Fsp3) is 0.571. The van der Waals surface area contributed by atoms with Crippen molar-refractivity contribution in [2.45, 2.75) is 37.4 Å². The molecule has 0 aliphatic heterocycles. The van der Waals surface area contributed by atoms with Gasteiger partial charge in [0.1, 0.15) is 5.75 Å². The second-order valence-corrected chi connectivity index (χ2v) is 6.57. The van der Waals surface area contributed by atoms with Gasteiger partial charge in [-0.15, -0.1) is 0 Å². The highest BCUT2D eigenvalue weighted by Gasteiger charge is 2.17. The fourth-order valence-electron chi connectivity index (χ4n) is 2.35. The van der Waals surface area contributed by atoms with E-state index in [9.17, 15) is 0 Å². The minimum Gasteiger partial charge on any atom is -0.493 e. The van der Waals surface area contributed by atoms with Crippen molar-refractivity contribution in [1.29, 1.82) is 0 Å². The fourth-order valence-corrected chi connectivity index (χ4v) is 2.88. The predicted octanol–water partition coefficient (Wildman–Crippen LogP) is 5.36.